The van der Waals surface area contributed by atoms with Gasteiger partial charge in [-0.3, -0.25) is 9.59 Å². The SMILES string of the molecule is CC(=O)N(Cc1cc(NC(=O)c2cccc(F)c2)ccc1N(C)C)[C@H](C)C(C)C. The Bertz CT molecular complexity index is 880. The summed E-state index contributed by atoms with van der Waals surface area (Å²) in [6.07, 6.45) is 0. The number of carbonyl (C=O) groups excluding carboxylic acids is 2. The van der Waals surface area contributed by atoms with Crippen molar-refractivity contribution in [3.05, 3.63) is 59.4 Å². The second-order valence-electron chi connectivity index (χ2n) is 7.83. The van der Waals surface area contributed by atoms with E-state index in [2.05, 4.69) is 19.2 Å². The quantitative estimate of drug-likeness (QED) is 0.744. The number of nitrogens with one attached hydrogen (secondary N) is 1. The standard InChI is InChI=1S/C23H30FN3O2/c1-15(2)16(3)27(17(4)28)14-19-13-21(10-11-22(19)26(5)6)25-23(29)18-8-7-9-20(24)12-18/h7-13,15-16H,14H2,1-6H3,(H,25,29)/t16-/m1/s1. The zero-order valence-corrected chi connectivity index (χ0v) is 18.0. The third-order valence-corrected chi connectivity index (χ3v) is 5.11. The lowest BCUT2D eigenvalue weighted by Gasteiger charge is -2.32. The molecule has 2 amide bonds. The minimum absolute atomic E-state index is 0.00473. The average molecular weight is 400 g/mol. The van der Waals surface area contributed by atoms with Crippen molar-refractivity contribution in [2.45, 2.75) is 40.3 Å². The number of rotatable bonds is 7. The minimum atomic E-state index is -0.457. The summed E-state index contributed by atoms with van der Waals surface area (Å²) in [5, 5.41) is 2.82. The van der Waals surface area contributed by atoms with Gasteiger partial charge in [0.2, 0.25) is 5.91 Å². The molecule has 0 aliphatic rings. The fourth-order valence-corrected chi connectivity index (χ4v) is 3.14. The fraction of sp³-hybridized carbons (Fsp3) is 0.391. The van der Waals surface area contributed by atoms with Crippen LogP contribution in [-0.2, 0) is 11.3 Å². The second-order valence-corrected chi connectivity index (χ2v) is 7.83. The Labute approximate surface area is 172 Å². The van der Waals surface area contributed by atoms with Crippen LogP contribution in [0.1, 0.15) is 43.6 Å². The Morgan fingerprint density at radius 2 is 1.76 bits per heavy atom. The van der Waals surface area contributed by atoms with Crippen LogP contribution in [0.2, 0.25) is 0 Å². The Hall–Kier alpha value is -2.89. The van der Waals surface area contributed by atoms with Crippen LogP contribution in [0, 0.1) is 11.7 Å². The number of amides is 2. The van der Waals surface area contributed by atoms with Crippen molar-refractivity contribution in [1.82, 2.24) is 4.90 Å². The summed E-state index contributed by atoms with van der Waals surface area (Å²) in [4.78, 5) is 28.6. The highest BCUT2D eigenvalue weighted by molar-refractivity contribution is 6.04. The van der Waals surface area contributed by atoms with Gasteiger partial charge < -0.3 is 15.1 Å². The van der Waals surface area contributed by atoms with E-state index in [9.17, 15) is 14.0 Å². The number of hydrogen-bond donors (Lipinski definition) is 1. The molecule has 0 fully saturated rings. The number of halogens is 1. The summed E-state index contributed by atoms with van der Waals surface area (Å²) in [5.74, 6) is -0.518. The van der Waals surface area contributed by atoms with Crippen LogP contribution in [0.5, 0.6) is 0 Å². The van der Waals surface area contributed by atoms with Crippen molar-refractivity contribution in [2.24, 2.45) is 5.92 Å². The molecule has 1 atom stereocenters. The number of carbonyl (C=O) groups is 2. The molecular weight excluding hydrogens is 369 g/mol. The van der Waals surface area contributed by atoms with E-state index in [4.69, 9.17) is 0 Å². The van der Waals surface area contributed by atoms with Crippen LogP contribution in [0.3, 0.4) is 0 Å². The fourth-order valence-electron chi connectivity index (χ4n) is 3.14. The summed E-state index contributed by atoms with van der Waals surface area (Å²) in [6, 6.07) is 11.2. The van der Waals surface area contributed by atoms with E-state index in [-0.39, 0.29) is 23.4 Å². The van der Waals surface area contributed by atoms with E-state index in [1.54, 1.807) is 19.1 Å². The van der Waals surface area contributed by atoms with E-state index in [1.165, 1.54) is 18.2 Å². The molecule has 0 heterocycles. The van der Waals surface area contributed by atoms with Crippen molar-refractivity contribution in [1.29, 1.82) is 0 Å². The highest BCUT2D eigenvalue weighted by Gasteiger charge is 2.22. The number of benzene rings is 2. The predicted molar refractivity (Wildman–Crippen MR) is 116 cm³/mol. The maximum absolute atomic E-state index is 13.4. The van der Waals surface area contributed by atoms with Crippen LogP contribution >= 0.6 is 0 Å². The first-order chi connectivity index (χ1) is 13.6. The summed E-state index contributed by atoms with van der Waals surface area (Å²) in [6.45, 7) is 8.22. The van der Waals surface area contributed by atoms with Crippen LogP contribution in [0.25, 0.3) is 0 Å². The summed E-state index contributed by atoms with van der Waals surface area (Å²) in [5.41, 5.74) is 2.74. The molecule has 0 saturated carbocycles. The highest BCUT2D eigenvalue weighted by Crippen LogP contribution is 2.26. The van der Waals surface area contributed by atoms with Gasteiger partial charge >= 0.3 is 0 Å². The molecular formula is C23H30FN3O2. The zero-order chi connectivity index (χ0) is 21.7. The molecule has 1 N–H and O–H groups in total. The van der Waals surface area contributed by atoms with Gasteiger partial charge in [0.05, 0.1) is 0 Å². The molecule has 6 heteroatoms. The third kappa shape index (κ3) is 5.79. The molecule has 2 rings (SSSR count). The molecule has 29 heavy (non-hydrogen) atoms. The van der Waals surface area contributed by atoms with Crippen LogP contribution in [0.15, 0.2) is 42.5 Å². The van der Waals surface area contributed by atoms with Crippen molar-refractivity contribution < 1.29 is 14.0 Å². The molecule has 0 radical (unpaired) electrons. The van der Waals surface area contributed by atoms with Crippen LogP contribution in [-0.4, -0.2) is 36.9 Å². The minimum Gasteiger partial charge on any atom is -0.377 e. The maximum Gasteiger partial charge on any atom is 0.255 e. The Morgan fingerprint density at radius 1 is 1.07 bits per heavy atom. The first kappa shape index (κ1) is 22.4. The largest absolute Gasteiger partial charge is 0.377 e. The van der Waals surface area contributed by atoms with Crippen LogP contribution in [0.4, 0.5) is 15.8 Å². The van der Waals surface area contributed by atoms with Gasteiger partial charge in [-0.1, -0.05) is 19.9 Å². The van der Waals surface area contributed by atoms with E-state index in [0.29, 0.717) is 18.2 Å². The molecule has 0 aliphatic carbocycles. The second kappa shape index (κ2) is 9.54. The molecule has 0 aromatic heterocycles. The van der Waals surface area contributed by atoms with E-state index < -0.39 is 5.82 Å². The topological polar surface area (TPSA) is 52.7 Å². The number of anilines is 2. The van der Waals surface area contributed by atoms with Gasteiger partial charge in [-0.15, -0.1) is 0 Å². The molecule has 0 bridgehead atoms. The zero-order valence-electron chi connectivity index (χ0n) is 18.0. The van der Waals surface area contributed by atoms with E-state index in [0.717, 1.165) is 11.3 Å². The lowest BCUT2D eigenvalue weighted by atomic mass is 10.0. The molecule has 0 aliphatic heterocycles. The van der Waals surface area contributed by atoms with Gasteiger partial charge in [-0.05, 0) is 54.8 Å². The average Bonchev–Trinajstić information content (AvgIpc) is 2.65. The maximum atomic E-state index is 13.4. The van der Waals surface area contributed by atoms with Gasteiger partial charge in [0.1, 0.15) is 5.82 Å². The van der Waals surface area contributed by atoms with Gasteiger partial charge in [-0.2, -0.15) is 0 Å². The lowest BCUT2D eigenvalue weighted by Crippen LogP contribution is -2.39. The van der Waals surface area contributed by atoms with E-state index in [1.807, 2.05) is 43.0 Å². The molecule has 5 nitrogen and oxygen atoms in total. The van der Waals surface area contributed by atoms with Gasteiger partial charge in [0.15, 0.2) is 0 Å². The number of hydrogen-bond acceptors (Lipinski definition) is 3. The summed E-state index contributed by atoms with van der Waals surface area (Å²) >= 11 is 0. The van der Waals surface area contributed by atoms with Crippen molar-refractivity contribution >= 4 is 23.2 Å². The molecule has 0 spiro atoms. The Balaban J connectivity index is 2.33. The molecule has 2 aromatic rings. The molecule has 0 saturated heterocycles. The van der Waals surface area contributed by atoms with Crippen molar-refractivity contribution in [3.63, 3.8) is 0 Å². The Kier molecular flexibility index (Phi) is 7.37. The lowest BCUT2D eigenvalue weighted by molar-refractivity contribution is -0.132. The van der Waals surface area contributed by atoms with E-state index >= 15 is 0 Å². The Morgan fingerprint density at radius 3 is 2.31 bits per heavy atom. The summed E-state index contributed by atoms with van der Waals surface area (Å²) in [7, 11) is 3.88. The molecule has 156 valence electrons. The first-order valence-corrected chi connectivity index (χ1v) is 9.74. The third-order valence-electron chi connectivity index (χ3n) is 5.11. The summed E-state index contributed by atoms with van der Waals surface area (Å²) < 4.78 is 13.4. The van der Waals surface area contributed by atoms with Gasteiger partial charge in [0, 0.05) is 50.5 Å². The monoisotopic (exact) mass is 399 g/mol. The normalized spacial score (nSPS) is 11.9. The molecule has 0 unspecified atom stereocenters. The van der Waals surface area contributed by atoms with Crippen LogP contribution < -0.4 is 10.2 Å². The molecule has 2 aromatic carbocycles. The highest BCUT2D eigenvalue weighted by atomic mass is 19.1. The first-order valence-electron chi connectivity index (χ1n) is 9.74. The van der Waals surface area contributed by atoms with Gasteiger partial charge in [-0.25, -0.2) is 4.39 Å². The smallest absolute Gasteiger partial charge is 0.255 e. The van der Waals surface area contributed by atoms with Gasteiger partial charge in [0.25, 0.3) is 5.91 Å². The van der Waals surface area contributed by atoms with Crippen molar-refractivity contribution in [3.8, 4) is 0 Å². The predicted octanol–water partition coefficient (Wildman–Crippen LogP) is 4.54. The van der Waals surface area contributed by atoms with Crippen molar-refractivity contribution in [2.75, 3.05) is 24.3 Å². The number of nitrogens with zero attached hydrogens (tertiary/aromatic N) is 2.